The van der Waals surface area contributed by atoms with Crippen molar-refractivity contribution in [2.75, 3.05) is 0 Å². The van der Waals surface area contributed by atoms with Gasteiger partial charge in [-0.3, -0.25) is 9.98 Å². The Kier molecular flexibility index (Phi) is 3.50. The summed E-state index contributed by atoms with van der Waals surface area (Å²) in [7, 11) is 0. The van der Waals surface area contributed by atoms with E-state index in [1.165, 1.54) is 0 Å². The highest BCUT2D eigenvalue weighted by molar-refractivity contribution is 5.83. The van der Waals surface area contributed by atoms with E-state index in [1.54, 1.807) is 24.5 Å². The maximum absolute atomic E-state index is 9.59. The molecular formula is C14H14N2O. The second-order valence-corrected chi connectivity index (χ2v) is 3.77. The number of aliphatic imine (C=N–C) groups is 1. The summed E-state index contributed by atoms with van der Waals surface area (Å²) in [6.45, 7) is 1.97. The summed E-state index contributed by atoms with van der Waals surface area (Å²) in [4.78, 5) is 8.62. The summed E-state index contributed by atoms with van der Waals surface area (Å²) in [5.41, 5.74) is 1.63. The standard InChI is InChI=1S/C14H14N2O/c1-11(13-7-4-5-9-15-13)16-10-12-6-2-3-8-14(12)17/h2-11,17H,1H3/t11-/m1/s1. The van der Waals surface area contributed by atoms with Crippen molar-refractivity contribution in [1.82, 2.24) is 4.98 Å². The summed E-state index contributed by atoms with van der Waals surface area (Å²) in [5.74, 6) is 0.240. The monoisotopic (exact) mass is 226 g/mol. The number of para-hydroxylation sites is 1. The molecule has 0 saturated carbocycles. The smallest absolute Gasteiger partial charge is 0.124 e. The number of hydrogen-bond acceptors (Lipinski definition) is 3. The van der Waals surface area contributed by atoms with Crippen molar-refractivity contribution < 1.29 is 5.11 Å². The lowest BCUT2D eigenvalue weighted by molar-refractivity contribution is 0.474. The van der Waals surface area contributed by atoms with Gasteiger partial charge in [0, 0.05) is 18.0 Å². The van der Waals surface area contributed by atoms with Gasteiger partial charge in [-0.2, -0.15) is 0 Å². The minimum absolute atomic E-state index is 0.0178. The predicted octanol–water partition coefficient (Wildman–Crippen LogP) is 2.97. The van der Waals surface area contributed by atoms with E-state index in [9.17, 15) is 5.11 Å². The molecule has 0 aliphatic rings. The number of nitrogens with zero attached hydrogens (tertiary/aromatic N) is 2. The minimum atomic E-state index is -0.0178. The number of phenolic OH excluding ortho intramolecular Hbond substituents is 1. The van der Waals surface area contributed by atoms with Crippen LogP contribution in [0.4, 0.5) is 0 Å². The highest BCUT2D eigenvalue weighted by Crippen LogP contribution is 2.16. The molecule has 0 radical (unpaired) electrons. The van der Waals surface area contributed by atoms with Crippen molar-refractivity contribution in [3.8, 4) is 5.75 Å². The van der Waals surface area contributed by atoms with E-state index in [0.717, 1.165) is 11.3 Å². The van der Waals surface area contributed by atoms with Crippen molar-refractivity contribution in [1.29, 1.82) is 0 Å². The molecule has 0 bridgehead atoms. The van der Waals surface area contributed by atoms with E-state index >= 15 is 0 Å². The summed E-state index contributed by atoms with van der Waals surface area (Å²) in [6, 6.07) is 12.9. The Balaban J connectivity index is 2.14. The third-order valence-corrected chi connectivity index (χ3v) is 2.49. The maximum atomic E-state index is 9.59. The van der Waals surface area contributed by atoms with Crippen LogP contribution in [-0.2, 0) is 0 Å². The van der Waals surface area contributed by atoms with Gasteiger partial charge in [0.25, 0.3) is 0 Å². The Morgan fingerprint density at radius 1 is 1.18 bits per heavy atom. The molecule has 0 fully saturated rings. The quantitative estimate of drug-likeness (QED) is 0.818. The first kappa shape index (κ1) is 11.3. The van der Waals surface area contributed by atoms with Gasteiger partial charge in [-0.15, -0.1) is 0 Å². The van der Waals surface area contributed by atoms with Crippen LogP contribution >= 0.6 is 0 Å². The van der Waals surface area contributed by atoms with Gasteiger partial charge in [0.15, 0.2) is 0 Å². The van der Waals surface area contributed by atoms with Crippen LogP contribution in [0, 0.1) is 0 Å². The Hall–Kier alpha value is -2.16. The molecule has 17 heavy (non-hydrogen) atoms. The van der Waals surface area contributed by atoms with E-state index < -0.39 is 0 Å². The van der Waals surface area contributed by atoms with Gasteiger partial charge in [0.2, 0.25) is 0 Å². The predicted molar refractivity (Wildman–Crippen MR) is 68.4 cm³/mol. The Morgan fingerprint density at radius 3 is 2.65 bits per heavy atom. The van der Waals surface area contributed by atoms with Gasteiger partial charge < -0.3 is 5.11 Å². The first-order valence-electron chi connectivity index (χ1n) is 5.49. The third kappa shape index (κ3) is 2.91. The first-order valence-corrected chi connectivity index (χ1v) is 5.49. The molecule has 2 rings (SSSR count). The lowest BCUT2D eigenvalue weighted by Gasteiger charge is -2.04. The van der Waals surface area contributed by atoms with Gasteiger partial charge in [0.05, 0.1) is 11.7 Å². The van der Waals surface area contributed by atoms with Gasteiger partial charge in [-0.1, -0.05) is 18.2 Å². The van der Waals surface area contributed by atoms with Crippen LogP contribution in [0.3, 0.4) is 0 Å². The minimum Gasteiger partial charge on any atom is -0.507 e. The molecule has 1 heterocycles. The van der Waals surface area contributed by atoms with Crippen LogP contribution in [0.1, 0.15) is 24.2 Å². The van der Waals surface area contributed by atoms with E-state index in [2.05, 4.69) is 9.98 Å². The lowest BCUT2D eigenvalue weighted by atomic mass is 10.2. The van der Waals surface area contributed by atoms with Crippen molar-refractivity contribution in [2.24, 2.45) is 4.99 Å². The fraction of sp³-hybridized carbons (Fsp3) is 0.143. The van der Waals surface area contributed by atoms with Gasteiger partial charge in [-0.25, -0.2) is 0 Å². The second kappa shape index (κ2) is 5.25. The van der Waals surface area contributed by atoms with Crippen molar-refractivity contribution in [3.05, 3.63) is 59.9 Å². The number of benzene rings is 1. The van der Waals surface area contributed by atoms with Crippen LogP contribution in [0.5, 0.6) is 5.75 Å². The lowest BCUT2D eigenvalue weighted by Crippen LogP contribution is -1.94. The summed E-state index contributed by atoms with van der Waals surface area (Å²) >= 11 is 0. The van der Waals surface area contributed by atoms with Gasteiger partial charge >= 0.3 is 0 Å². The fourth-order valence-corrected chi connectivity index (χ4v) is 1.49. The maximum Gasteiger partial charge on any atom is 0.124 e. The van der Waals surface area contributed by atoms with Gasteiger partial charge in [0.1, 0.15) is 5.75 Å². The molecular weight excluding hydrogens is 212 g/mol. The second-order valence-electron chi connectivity index (χ2n) is 3.77. The van der Waals surface area contributed by atoms with E-state index in [0.29, 0.717) is 0 Å². The van der Waals surface area contributed by atoms with Crippen molar-refractivity contribution >= 4 is 6.21 Å². The molecule has 0 aliphatic heterocycles. The number of phenols is 1. The highest BCUT2D eigenvalue weighted by atomic mass is 16.3. The normalized spacial score (nSPS) is 12.8. The van der Waals surface area contributed by atoms with E-state index in [1.807, 2.05) is 37.3 Å². The summed E-state index contributed by atoms with van der Waals surface area (Å²) in [6.07, 6.45) is 3.43. The molecule has 0 spiro atoms. The molecule has 1 aromatic carbocycles. The van der Waals surface area contributed by atoms with Crippen molar-refractivity contribution in [3.63, 3.8) is 0 Å². The number of aromatic nitrogens is 1. The summed E-state index contributed by atoms with van der Waals surface area (Å²) in [5, 5.41) is 9.59. The molecule has 1 aromatic heterocycles. The third-order valence-electron chi connectivity index (χ3n) is 2.49. The largest absolute Gasteiger partial charge is 0.507 e. The van der Waals surface area contributed by atoms with Crippen LogP contribution in [0.25, 0.3) is 0 Å². The highest BCUT2D eigenvalue weighted by Gasteiger charge is 2.03. The molecule has 1 atom stereocenters. The first-order chi connectivity index (χ1) is 8.27. The van der Waals surface area contributed by atoms with Crippen LogP contribution in [0.2, 0.25) is 0 Å². The fourth-order valence-electron chi connectivity index (χ4n) is 1.49. The number of rotatable bonds is 3. The zero-order valence-corrected chi connectivity index (χ0v) is 9.62. The number of pyridine rings is 1. The SMILES string of the molecule is C[C@@H](N=Cc1ccccc1O)c1ccccn1. The molecule has 1 N–H and O–H groups in total. The van der Waals surface area contributed by atoms with Crippen LogP contribution < -0.4 is 0 Å². The van der Waals surface area contributed by atoms with Crippen LogP contribution in [-0.4, -0.2) is 16.3 Å². The average molecular weight is 226 g/mol. The summed E-state index contributed by atoms with van der Waals surface area (Å²) < 4.78 is 0. The Bertz CT molecular complexity index is 509. The Labute approximate surface area is 100 Å². The zero-order valence-electron chi connectivity index (χ0n) is 9.62. The van der Waals surface area contributed by atoms with Crippen molar-refractivity contribution in [2.45, 2.75) is 13.0 Å². The van der Waals surface area contributed by atoms with Gasteiger partial charge in [-0.05, 0) is 31.2 Å². The van der Waals surface area contributed by atoms with Crippen LogP contribution in [0.15, 0.2) is 53.7 Å². The number of aromatic hydroxyl groups is 1. The molecule has 2 aromatic rings. The van der Waals surface area contributed by atoms with E-state index in [4.69, 9.17) is 0 Å². The molecule has 86 valence electrons. The molecule has 0 aliphatic carbocycles. The average Bonchev–Trinajstić information content (AvgIpc) is 2.38. The zero-order chi connectivity index (χ0) is 12.1. The molecule has 0 saturated heterocycles. The molecule has 3 nitrogen and oxygen atoms in total. The molecule has 3 heteroatoms. The van der Waals surface area contributed by atoms with E-state index in [-0.39, 0.29) is 11.8 Å². The molecule has 0 unspecified atom stereocenters. The molecule has 0 amide bonds. The topological polar surface area (TPSA) is 45.5 Å². The Morgan fingerprint density at radius 2 is 1.94 bits per heavy atom. The number of hydrogen-bond donors (Lipinski definition) is 1.